The molecule has 1 amide bonds. The fraction of sp³-hybridized carbons (Fsp3) is 0.940. The van der Waals surface area contributed by atoms with Crippen LogP contribution >= 0.6 is 0 Å². The van der Waals surface area contributed by atoms with Crippen molar-refractivity contribution in [2.45, 2.75) is 280 Å². The number of ether oxygens (including phenoxy) is 4. The van der Waals surface area contributed by atoms with Crippen molar-refractivity contribution in [2.24, 2.45) is 0 Å². The maximum atomic E-state index is 13.1. The molecule has 0 spiro atoms. The number of amides is 1. The van der Waals surface area contributed by atoms with E-state index in [-0.39, 0.29) is 12.5 Å². The summed E-state index contributed by atoms with van der Waals surface area (Å²) in [5.41, 5.74) is 0. The lowest BCUT2D eigenvalue weighted by molar-refractivity contribution is -0.359. The Morgan fingerprint density at radius 1 is 0.547 bits per heavy atom. The van der Waals surface area contributed by atoms with E-state index in [4.69, 9.17) is 18.9 Å². The molecule has 2 rings (SSSR count). The van der Waals surface area contributed by atoms with Crippen molar-refractivity contribution in [3.05, 3.63) is 12.2 Å². The number of nitrogens with one attached hydrogen (secondary N) is 1. The highest BCUT2D eigenvalue weighted by molar-refractivity contribution is 5.76. The number of rotatable bonds is 40. The van der Waals surface area contributed by atoms with Crippen LogP contribution in [0.5, 0.6) is 0 Å². The summed E-state index contributed by atoms with van der Waals surface area (Å²) in [5, 5.41) is 86.3. The molecule has 14 heteroatoms. The lowest BCUT2D eigenvalue weighted by atomic mass is 9.97. The van der Waals surface area contributed by atoms with Gasteiger partial charge in [0.2, 0.25) is 5.91 Å². The van der Waals surface area contributed by atoms with E-state index in [2.05, 4.69) is 31.3 Å². The van der Waals surface area contributed by atoms with Crippen molar-refractivity contribution in [1.82, 2.24) is 5.32 Å². The molecule has 2 aliphatic heterocycles. The number of carbonyl (C=O) groups excluding carboxylic acids is 1. The van der Waals surface area contributed by atoms with Gasteiger partial charge in [-0.3, -0.25) is 4.79 Å². The van der Waals surface area contributed by atoms with Gasteiger partial charge in [0.05, 0.1) is 32.0 Å². The molecule has 14 nitrogen and oxygen atoms in total. The highest BCUT2D eigenvalue weighted by Gasteiger charge is 2.51. The molecular weight excluding hydrogens is 823 g/mol. The van der Waals surface area contributed by atoms with Crippen LogP contribution < -0.4 is 5.32 Å². The van der Waals surface area contributed by atoms with Gasteiger partial charge in [0.1, 0.15) is 48.8 Å². The van der Waals surface area contributed by atoms with Crippen molar-refractivity contribution in [1.29, 1.82) is 0 Å². The summed E-state index contributed by atoms with van der Waals surface area (Å²) < 4.78 is 22.6. The molecule has 378 valence electrons. The second kappa shape index (κ2) is 37.7. The summed E-state index contributed by atoms with van der Waals surface area (Å²) in [6.07, 6.45) is 22.9. The van der Waals surface area contributed by atoms with Crippen LogP contribution in [0.15, 0.2) is 12.2 Å². The minimum atomic E-state index is -1.78. The van der Waals surface area contributed by atoms with E-state index in [1.54, 1.807) is 0 Å². The molecule has 9 N–H and O–H groups in total. The van der Waals surface area contributed by atoms with Gasteiger partial charge in [-0.25, -0.2) is 0 Å². The van der Waals surface area contributed by atoms with Crippen LogP contribution in [0.1, 0.15) is 206 Å². The molecule has 12 unspecified atom stereocenters. The van der Waals surface area contributed by atoms with Crippen LogP contribution in [0.2, 0.25) is 0 Å². The van der Waals surface area contributed by atoms with E-state index in [0.717, 1.165) is 57.8 Å². The Balaban J connectivity index is 1.64. The molecule has 0 aliphatic carbocycles. The first-order valence-electron chi connectivity index (χ1n) is 25.9. The van der Waals surface area contributed by atoms with Gasteiger partial charge in [-0.1, -0.05) is 174 Å². The van der Waals surface area contributed by atoms with Gasteiger partial charge in [0.25, 0.3) is 0 Å². The molecule has 64 heavy (non-hydrogen) atoms. The zero-order chi connectivity index (χ0) is 46.8. The van der Waals surface area contributed by atoms with Gasteiger partial charge >= 0.3 is 0 Å². The Bertz CT molecular complexity index is 1130. The van der Waals surface area contributed by atoms with E-state index in [0.29, 0.717) is 12.8 Å². The van der Waals surface area contributed by atoms with Crippen LogP contribution in [-0.2, 0) is 23.7 Å². The predicted molar refractivity (Wildman–Crippen MR) is 249 cm³/mol. The average molecular weight is 918 g/mol. The van der Waals surface area contributed by atoms with Gasteiger partial charge in [-0.2, -0.15) is 0 Å². The van der Waals surface area contributed by atoms with Crippen LogP contribution in [0.4, 0.5) is 0 Å². The molecule has 12 atom stereocenters. The van der Waals surface area contributed by atoms with Gasteiger partial charge in [-0.15, -0.1) is 0 Å². The molecule has 2 saturated heterocycles. The number of carbonyl (C=O) groups is 1. The number of aliphatic hydroxyl groups excluding tert-OH is 8. The Hall–Kier alpha value is -1.27. The molecule has 0 aromatic rings. The topological polar surface area (TPSA) is 228 Å². The maximum absolute atomic E-state index is 13.1. The third-order valence-electron chi connectivity index (χ3n) is 13.0. The summed E-state index contributed by atoms with van der Waals surface area (Å²) in [4.78, 5) is 13.1. The smallest absolute Gasteiger partial charge is 0.220 e. The molecule has 0 aromatic heterocycles. The Kier molecular flexibility index (Phi) is 34.7. The molecule has 0 bridgehead atoms. The van der Waals surface area contributed by atoms with Crippen LogP contribution in [0.3, 0.4) is 0 Å². The summed E-state index contributed by atoms with van der Waals surface area (Å²) in [5.74, 6) is -0.212. The molecule has 0 aromatic carbocycles. The highest BCUT2D eigenvalue weighted by Crippen LogP contribution is 2.30. The predicted octanol–water partition coefficient (Wildman–Crippen LogP) is 6.77. The van der Waals surface area contributed by atoms with Gasteiger partial charge < -0.3 is 65.1 Å². The number of allylic oxidation sites excluding steroid dienone is 2. The lowest BCUT2D eigenvalue weighted by Crippen LogP contribution is -2.65. The summed E-state index contributed by atoms with van der Waals surface area (Å²) in [6, 6.07) is -0.821. The van der Waals surface area contributed by atoms with Crippen molar-refractivity contribution in [2.75, 3.05) is 19.8 Å². The number of hydrogen-bond donors (Lipinski definition) is 9. The minimum Gasteiger partial charge on any atom is -0.394 e. The lowest BCUT2D eigenvalue weighted by Gasteiger charge is -2.46. The fourth-order valence-corrected chi connectivity index (χ4v) is 8.70. The van der Waals surface area contributed by atoms with Crippen LogP contribution in [-0.4, -0.2) is 140 Å². The Morgan fingerprint density at radius 3 is 1.48 bits per heavy atom. The monoisotopic (exact) mass is 918 g/mol. The summed E-state index contributed by atoms with van der Waals surface area (Å²) >= 11 is 0. The van der Waals surface area contributed by atoms with E-state index in [9.17, 15) is 45.6 Å². The van der Waals surface area contributed by atoms with E-state index >= 15 is 0 Å². The average Bonchev–Trinajstić information content (AvgIpc) is 3.29. The maximum Gasteiger partial charge on any atom is 0.220 e. The van der Waals surface area contributed by atoms with Crippen molar-refractivity contribution >= 4 is 5.91 Å². The van der Waals surface area contributed by atoms with Gasteiger partial charge in [0.15, 0.2) is 12.6 Å². The van der Waals surface area contributed by atoms with Crippen LogP contribution in [0, 0.1) is 0 Å². The third-order valence-corrected chi connectivity index (χ3v) is 13.0. The van der Waals surface area contributed by atoms with Crippen molar-refractivity contribution < 1.29 is 64.6 Å². The quantitative estimate of drug-likeness (QED) is 0.0229. The van der Waals surface area contributed by atoms with E-state index in [1.165, 1.54) is 122 Å². The SMILES string of the molecule is CCCCCCCCCC/C=C\CCCCCCCCCCCCCCCC(=O)NC(COC1OC(CO)C(OC2OC(CO)C(O)C(O)C2O)C(O)C1O)C(O)CCCCCCC. The molecular formula is C50H95NO13. The second-order valence-electron chi connectivity index (χ2n) is 18.7. The number of aliphatic hydroxyl groups is 8. The van der Waals surface area contributed by atoms with Crippen molar-refractivity contribution in [3.63, 3.8) is 0 Å². The zero-order valence-corrected chi connectivity index (χ0v) is 40.0. The second-order valence-corrected chi connectivity index (χ2v) is 18.7. The Labute approximate surface area is 386 Å². The minimum absolute atomic E-state index is 0.212. The fourth-order valence-electron chi connectivity index (χ4n) is 8.70. The van der Waals surface area contributed by atoms with Gasteiger partial charge in [-0.05, 0) is 38.5 Å². The summed E-state index contributed by atoms with van der Waals surface area (Å²) in [6.45, 7) is 2.75. The molecule has 2 fully saturated rings. The third kappa shape index (κ3) is 24.7. The van der Waals surface area contributed by atoms with Gasteiger partial charge in [0, 0.05) is 6.42 Å². The Morgan fingerprint density at radius 2 is 0.984 bits per heavy atom. The molecule has 2 aliphatic rings. The zero-order valence-electron chi connectivity index (χ0n) is 40.0. The first kappa shape index (κ1) is 58.9. The number of hydrogen-bond acceptors (Lipinski definition) is 13. The first-order chi connectivity index (χ1) is 31.1. The van der Waals surface area contributed by atoms with E-state index in [1.807, 2.05) is 0 Å². The largest absolute Gasteiger partial charge is 0.394 e. The van der Waals surface area contributed by atoms with Crippen LogP contribution in [0.25, 0.3) is 0 Å². The van der Waals surface area contributed by atoms with E-state index < -0.39 is 86.8 Å². The number of unbranched alkanes of at least 4 members (excludes halogenated alkanes) is 25. The molecule has 0 radical (unpaired) electrons. The first-order valence-corrected chi connectivity index (χ1v) is 25.9. The van der Waals surface area contributed by atoms with Crippen molar-refractivity contribution in [3.8, 4) is 0 Å². The molecule has 0 saturated carbocycles. The normalized spacial score (nSPS) is 27.3. The standard InChI is InChI=1S/C50H95NO13/c1-3-5-7-9-10-11-12-13-14-15-16-17-18-19-20-21-22-23-24-25-26-27-28-30-32-34-42(55)51-38(39(54)33-31-29-8-6-4-2)37-61-49-47(60)45(58)48(41(36-53)63-49)64-50-46(59)44(57)43(56)40(35-52)62-50/h15-16,38-41,43-50,52-54,56-60H,3-14,17-37H2,1-2H3,(H,51,55)/b16-15-. The summed E-state index contributed by atoms with van der Waals surface area (Å²) in [7, 11) is 0. The molecule has 2 heterocycles. The highest BCUT2D eigenvalue weighted by atomic mass is 16.7.